The van der Waals surface area contributed by atoms with Gasteiger partial charge in [-0.1, -0.05) is 13.3 Å². The Bertz CT molecular complexity index is 432. The fraction of sp³-hybridized carbons (Fsp3) is 0.429. The first-order valence-electron chi connectivity index (χ1n) is 6.17. The van der Waals surface area contributed by atoms with Gasteiger partial charge >= 0.3 is 0 Å². The Morgan fingerprint density at radius 3 is 2.26 bits per heavy atom. The molecule has 104 valence electrons. The minimum Gasteiger partial charge on any atom is -0.496 e. The van der Waals surface area contributed by atoms with Crippen molar-refractivity contribution in [3.8, 4) is 11.5 Å². The molecule has 5 nitrogen and oxygen atoms in total. The van der Waals surface area contributed by atoms with E-state index < -0.39 is 0 Å². The number of carbonyl (C=O) groups excluding carboxylic acids is 2. The van der Waals surface area contributed by atoms with Crippen LogP contribution in [0.1, 0.15) is 40.5 Å². The van der Waals surface area contributed by atoms with Crippen LogP contribution in [0.5, 0.6) is 11.5 Å². The first-order chi connectivity index (χ1) is 9.17. The van der Waals surface area contributed by atoms with Gasteiger partial charge in [-0.15, -0.1) is 0 Å². The van der Waals surface area contributed by atoms with Gasteiger partial charge in [0.2, 0.25) is 0 Å². The van der Waals surface area contributed by atoms with Crippen molar-refractivity contribution < 1.29 is 19.1 Å². The van der Waals surface area contributed by atoms with Crippen molar-refractivity contribution in [1.29, 1.82) is 0 Å². The van der Waals surface area contributed by atoms with Crippen LogP contribution in [0.4, 0.5) is 0 Å². The van der Waals surface area contributed by atoms with Crippen LogP contribution >= 0.6 is 0 Å². The maximum absolute atomic E-state index is 12.1. The summed E-state index contributed by atoms with van der Waals surface area (Å²) in [6.45, 7) is 2.64. The first kappa shape index (κ1) is 15.0. The molecular weight excluding hydrogens is 246 g/mol. The van der Waals surface area contributed by atoms with Crippen LogP contribution in [0.2, 0.25) is 0 Å². The molecule has 1 N–H and O–H groups in total. The van der Waals surface area contributed by atoms with E-state index >= 15 is 0 Å². The summed E-state index contributed by atoms with van der Waals surface area (Å²) >= 11 is 0. The van der Waals surface area contributed by atoms with Crippen molar-refractivity contribution in [2.24, 2.45) is 0 Å². The predicted molar refractivity (Wildman–Crippen MR) is 72.2 cm³/mol. The maximum Gasteiger partial charge on any atom is 0.258 e. The normalized spacial score (nSPS) is 9.84. The number of carbonyl (C=O) groups is 2. The molecule has 0 heterocycles. The van der Waals surface area contributed by atoms with Gasteiger partial charge < -0.3 is 14.8 Å². The van der Waals surface area contributed by atoms with E-state index in [2.05, 4.69) is 5.32 Å². The third-order valence-corrected chi connectivity index (χ3v) is 2.71. The van der Waals surface area contributed by atoms with Crippen molar-refractivity contribution in [1.82, 2.24) is 5.32 Å². The van der Waals surface area contributed by atoms with Crippen molar-refractivity contribution in [2.45, 2.75) is 19.8 Å². The highest BCUT2D eigenvalue weighted by Crippen LogP contribution is 2.29. The molecule has 0 fully saturated rings. The molecular formula is C14H19NO4. The molecule has 0 aromatic heterocycles. The minimum atomic E-state index is -0.264. The van der Waals surface area contributed by atoms with Crippen molar-refractivity contribution in [2.75, 3.05) is 20.8 Å². The fourth-order valence-corrected chi connectivity index (χ4v) is 1.69. The van der Waals surface area contributed by atoms with E-state index in [0.717, 1.165) is 12.8 Å². The molecule has 1 rings (SSSR count). The van der Waals surface area contributed by atoms with Crippen LogP contribution in [-0.2, 0) is 0 Å². The topological polar surface area (TPSA) is 64.6 Å². The number of rotatable bonds is 7. The van der Waals surface area contributed by atoms with Gasteiger partial charge in [0.1, 0.15) is 23.3 Å². The molecule has 0 saturated carbocycles. The molecule has 1 aromatic rings. The molecule has 0 unspecified atom stereocenters. The smallest absolute Gasteiger partial charge is 0.258 e. The quantitative estimate of drug-likeness (QED) is 0.605. The third-order valence-electron chi connectivity index (χ3n) is 2.71. The summed E-state index contributed by atoms with van der Waals surface area (Å²) in [4.78, 5) is 22.9. The van der Waals surface area contributed by atoms with Crippen LogP contribution in [0.15, 0.2) is 12.1 Å². The number of ether oxygens (including phenoxy) is 2. The van der Waals surface area contributed by atoms with Gasteiger partial charge in [0.05, 0.1) is 14.2 Å². The van der Waals surface area contributed by atoms with Crippen molar-refractivity contribution in [3.63, 3.8) is 0 Å². The van der Waals surface area contributed by atoms with E-state index in [1.807, 2.05) is 6.92 Å². The number of amides is 1. The molecule has 0 radical (unpaired) electrons. The van der Waals surface area contributed by atoms with Crippen LogP contribution in [-0.4, -0.2) is 33.0 Å². The zero-order valence-corrected chi connectivity index (χ0v) is 11.5. The zero-order valence-electron chi connectivity index (χ0n) is 11.5. The number of methoxy groups -OCH3 is 2. The van der Waals surface area contributed by atoms with Gasteiger partial charge in [0.15, 0.2) is 0 Å². The summed E-state index contributed by atoms with van der Waals surface area (Å²) in [5.41, 5.74) is 0.713. The van der Waals surface area contributed by atoms with Gasteiger partial charge in [0, 0.05) is 12.1 Å². The molecule has 0 atom stereocenters. The van der Waals surface area contributed by atoms with Crippen LogP contribution in [0.25, 0.3) is 0 Å². The number of aldehydes is 1. The molecule has 0 spiro atoms. The lowest BCUT2D eigenvalue weighted by Crippen LogP contribution is -2.25. The lowest BCUT2D eigenvalue weighted by molar-refractivity contribution is 0.0946. The Balaban J connectivity index is 3.09. The highest BCUT2D eigenvalue weighted by Gasteiger charge is 2.19. The Labute approximate surface area is 112 Å². The van der Waals surface area contributed by atoms with Crippen LogP contribution in [0, 0.1) is 0 Å². The minimum absolute atomic E-state index is 0.264. The van der Waals surface area contributed by atoms with Gasteiger partial charge in [-0.3, -0.25) is 9.59 Å². The van der Waals surface area contributed by atoms with E-state index in [-0.39, 0.29) is 5.91 Å². The molecule has 1 amide bonds. The predicted octanol–water partition coefficient (Wildman–Crippen LogP) is 2.05. The molecule has 19 heavy (non-hydrogen) atoms. The van der Waals surface area contributed by atoms with E-state index in [1.54, 1.807) is 0 Å². The standard InChI is InChI=1S/C14H19NO4/c1-4-5-6-15-14(17)13-11(18-2)7-10(9-16)8-12(13)19-3/h7-9H,4-6H2,1-3H3,(H,15,17). The molecule has 0 aliphatic carbocycles. The summed E-state index contributed by atoms with van der Waals surface area (Å²) < 4.78 is 10.3. The molecule has 1 aromatic carbocycles. The monoisotopic (exact) mass is 265 g/mol. The summed E-state index contributed by atoms with van der Waals surface area (Å²) in [5, 5.41) is 2.80. The summed E-state index contributed by atoms with van der Waals surface area (Å²) in [7, 11) is 2.90. The average Bonchev–Trinajstić information content (AvgIpc) is 2.45. The highest BCUT2D eigenvalue weighted by molar-refractivity contribution is 6.00. The van der Waals surface area contributed by atoms with E-state index in [0.29, 0.717) is 35.5 Å². The second-order valence-corrected chi connectivity index (χ2v) is 4.03. The summed E-state index contributed by atoms with van der Waals surface area (Å²) in [5.74, 6) is 0.394. The fourth-order valence-electron chi connectivity index (χ4n) is 1.69. The van der Waals surface area contributed by atoms with E-state index in [9.17, 15) is 9.59 Å². The number of hydrogen-bond acceptors (Lipinski definition) is 4. The lowest BCUT2D eigenvalue weighted by Gasteiger charge is -2.13. The Morgan fingerprint density at radius 2 is 1.84 bits per heavy atom. The number of nitrogens with one attached hydrogen (secondary N) is 1. The maximum atomic E-state index is 12.1. The summed E-state index contributed by atoms with van der Waals surface area (Å²) in [6.07, 6.45) is 2.59. The molecule has 0 aliphatic rings. The second-order valence-electron chi connectivity index (χ2n) is 4.03. The number of hydrogen-bond donors (Lipinski definition) is 1. The average molecular weight is 265 g/mol. The van der Waals surface area contributed by atoms with Crippen LogP contribution in [0.3, 0.4) is 0 Å². The Morgan fingerprint density at radius 1 is 1.26 bits per heavy atom. The first-order valence-corrected chi connectivity index (χ1v) is 6.17. The van der Waals surface area contributed by atoms with E-state index in [4.69, 9.17) is 9.47 Å². The van der Waals surface area contributed by atoms with Crippen LogP contribution < -0.4 is 14.8 Å². The van der Waals surface area contributed by atoms with E-state index in [1.165, 1.54) is 26.4 Å². The third kappa shape index (κ3) is 3.71. The lowest BCUT2D eigenvalue weighted by atomic mass is 10.1. The second kappa shape index (κ2) is 7.41. The zero-order chi connectivity index (χ0) is 14.3. The van der Waals surface area contributed by atoms with Crippen molar-refractivity contribution in [3.05, 3.63) is 23.3 Å². The Kier molecular flexibility index (Phi) is 5.85. The van der Waals surface area contributed by atoms with Gasteiger partial charge in [-0.05, 0) is 18.6 Å². The molecule has 0 aliphatic heterocycles. The van der Waals surface area contributed by atoms with Crippen molar-refractivity contribution >= 4 is 12.2 Å². The van der Waals surface area contributed by atoms with Gasteiger partial charge in [0.25, 0.3) is 5.91 Å². The highest BCUT2D eigenvalue weighted by atomic mass is 16.5. The molecule has 0 bridgehead atoms. The number of unbranched alkanes of at least 4 members (excludes halogenated alkanes) is 1. The number of benzene rings is 1. The largest absolute Gasteiger partial charge is 0.496 e. The SMILES string of the molecule is CCCCNC(=O)c1c(OC)cc(C=O)cc1OC. The Hall–Kier alpha value is -2.04. The van der Waals surface area contributed by atoms with Gasteiger partial charge in [-0.2, -0.15) is 0 Å². The molecule has 0 saturated heterocycles. The summed E-state index contributed by atoms with van der Waals surface area (Å²) in [6, 6.07) is 3.04. The molecule has 5 heteroatoms. The van der Waals surface area contributed by atoms with Gasteiger partial charge in [-0.25, -0.2) is 0 Å².